The Morgan fingerprint density at radius 3 is 2.70 bits per heavy atom. The zero-order chi connectivity index (χ0) is 19.4. The summed E-state index contributed by atoms with van der Waals surface area (Å²) in [6.45, 7) is 3.85. The molecule has 0 unspecified atom stereocenters. The number of hydrogen-bond donors (Lipinski definition) is 1. The molecule has 0 spiro atoms. The maximum atomic E-state index is 12.6. The van der Waals surface area contributed by atoms with Crippen LogP contribution in [0.25, 0.3) is 6.08 Å². The highest BCUT2D eigenvalue weighted by atomic mass is 32.1. The molecule has 1 aromatic carbocycles. The van der Waals surface area contributed by atoms with Crippen molar-refractivity contribution in [3.8, 4) is 11.5 Å². The third kappa shape index (κ3) is 4.19. The van der Waals surface area contributed by atoms with Gasteiger partial charge in [-0.15, -0.1) is 6.58 Å². The average Bonchev–Trinajstić information content (AvgIpc) is 3.15. The molecule has 1 heterocycles. The summed E-state index contributed by atoms with van der Waals surface area (Å²) in [6.07, 6.45) is 7.61. The number of benzene rings is 1. The normalized spacial score (nSPS) is 19.4. The first kappa shape index (κ1) is 19.1. The van der Waals surface area contributed by atoms with Crippen molar-refractivity contribution < 1.29 is 19.1 Å². The van der Waals surface area contributed by atoms with Crippen molar-refractivity contribution in [1.29, 1.82) is 0 Å². The molecule has 0 radical (unpaired) electrons. The van der Waals surface area contributed by atoms with Gasteiger partial charge in [0.05, 0.1) is 13.2 Å². The highest BCUT2D eigenvalue weighted by molar-refractivity contribution is 7.80. The summed E-state index contributed by atoms with van der Waals surface area (Å²) in [6, 6.07) is 5.34. The number of carbonyl (C=O) groups is 2. The van der Waals surface area contributed by atoms with E-state index >= 15 is 0 Å². The van der Waals surface area contributed by atoms with E-state index in [0.29, 0.717) is 17.1 Å². The van der Waals surface area contributed by atoms with E-state index in [9.17, 15) is 9.59 Å². The van der Waals surface area contributed by atoms with Crippen LogP contribution in [0, 0.1) is 0 Å². The Labute approximate surface area is 163 Å². The minimum atomic E-state index is -0.514. The Kier molecular flexibility index (Phi) is 5.91. The van der Waals surface area contributed by atoms with E-state index < -0.39 is 11.8 Å². The fraction of sp³-hybridized carbons (Fsp3) is 0.350. The van der Waals surface area contributed by atoms with Crippen molar-refractivity contribution >= 4 is 35.2 Å². The number of amides is 2. The van der Waals surface area contributed by atoms with Crippen LogP contribution < -0.4 is 14.8 Å². The lowest BCUT2D eigenvalue weighted by Gasteiger charge is -2.27. The fourth-order valence-electron chi connectivity index (χ4n) is 3.22. The Hall–Kier alpha value is -2.67. The topological polar surface area (TPSA) is 67.9 Å². The molecule has 1 aromatic rings. The van der Waals surface area contributed by atoms with Gasteiger partial charge in [0.1, 0.15) is 5.57 Å². The van der Waals surface area contributed by atoms with Gasteiger partial charge in [0.2, 0.25) is 0 Å². The van der Waals surface area contributed by atoms with Crippen LogP contribution in [0.5, 0.6) is 11.5 Å². The summed E-state index contributed by atoms with van der Waals surface area (Å²) >= 11 is 5.06. The molecule has 1 N–H and O–H groups in total. The monoisotopic (exact) mass is 386 g/mol. The number of methoxy groups -OCH3 is 1. The molecule has 27 heavy (non-hydrogen) atoms. The van der Waals surface area contributed by atoms with Gasteiger partial charge in [0.25, 0.3) is 11.8 Å². The molecule has 0 atom stereocenters. The minimum Gasteiger partial charge on any atom is -0.493 e. The molecule has 1 saturated heterocycles. The van der Waals surface area contributed by atoms with Crippen molar-refractivity contribution in [1.82, 2.24) is 10.2 Å². The molecular formula is C20H22N2O4S. The van der Waals surface area contributed by atoms with Crippen LogP contribution in [0.15, 0.2) is 36.4 Å². The molecule has 3 rings (SSSR count). The van der Waals surface area contributed by atoms with E-state index in [2.05, 4.69) is 11.9 Å². The van der Waals surface area contributed by atoms with Crippen LogP contribution in [0.4, 0.5) is 0 Å². The summed E-state index contributed by atoms with van der Waals surface area (Å²) in [5, 5.41) is 2.62. The second-order valence-electron chi connectivity index (χ2n) is 6.46. The molecule has 2 aliphatic rings. The van der Waals surface area contributed by atoms with Crippen molar-refractivity contribution in [2.75, 3.05) is 13.7 Å². The zero-order valence-electron chi connectivity index (χ0n) is 15.2. The summed E-state index contributed by atoms with van der Waals surface area (Å²) in [7, 11) is 1.58. The van der Waals surface area contributed by atoms with Crippen LogP contribution >= 0.6 is 12.2 Å². The second kappa shape index (κ2) is 8.35. The molecule has 2 amide bonds. The summed E-state index contributed by atoms with van der Waals surface area (Å²) in [5.74, 6) is 0.274. The zero-order valence-corrected chi connectivity index (χ0v) is 16.0. The SMILES string of the molecule is C=CCN1C(=O)/C(=C\c2ccc(OC)c(OC3CCCC3)c2)C(=O)NC1=S. The quantitative estimate of drug-likeness (QED) is 0.352. The molecule has 0 bridgehead atoms. The molecule has 142 valence electrons. The Morgan fingerprint density at radius 1 is 1.30 bits per heavy atom. The van der Waals surface area contributed by atoms with Crippen LogP contribution in [0.2, 0.25) is 0 Å². The lowest BCUT2D eigenvalue weighted by molar-refractivity contribution is -0.128. The lowest BCUT2D eigenvalue weighted by atomic mass is 10.1. The van der Waals surface area contributed by atoms with Crippen molar-refractivity contribution in [2.45, 2.75) is 31.8 Å². The predicted octanol–water partition coefficient (Wildman–Crippen LogP) is 2.83. The van der Waals surface area contributed by atoms with Crippen molar-refractivity contribution in [2.24, 2.45) is 0 Å². The van der Waals surface area contributed by atoms with E-state index in [4.69, 9.17) is 21.7 Å². The smallest absolute Gasteiger partial charge is 0.265 e. The van der Waals surface area contributed by atoms with E-state index in [1.54, 1.807) is 31.4 Å². The van der Waals surface area contributed by atoms with Crippen LogP contribution in [0.1, 0.15) is 31.2 Å². The van der Waals surface area contributed by atoms with Crippen molar-refractivity contribution in [3.05, 3.63) is 42.0 Å². The van der Waals surface area contributed by atoms with Gasteiger partial charge >= 0.3 is 0 Å². The van der Waals surface area contributed by atoms with Crippen molar-refractivity contribution in [3.63, 3.8) is 0 Å². The molecule has 6 nitrogen and oxygen atoms in total. The van der Waals surface area contributed by atoms with Gasteiger partial charge in [-0.25, -0.2) is 0 Å². The van der Waals surface area contributed by atoms with E-state index in [-0.39, 0.29) is 23.3 Å². The fourth-order valence-corrected chi connectivity index (χ4v) is 3.47. The Balaban J connectivity index is 1.90. The third-order valence-electron chi connectivity index (χ3n) is 4.59. The van der Waals surface area contributed by atoms with Gasteiger partial charge < -0.3 is 9.47 Å². The van der Waals surface area contributed by atoms with E-state index in [1.165, 1.54) is 11.0 Å². The van der Waals surface area contributed by atoms with Gasteiger partial charge in [-0.05, 0) is 61.7 Å². The average molecular weight is 386 g/mol. The second-order valence-corrected chi connectivity index (χ2v) is 6.84. The van der Waals surface area contributed by atoms with Gasteiger partial charge in [-0.1, -0.05) is 12.1 Å². The molecule has 1 aliphatic heterocycles. The molecule has 1 saturated carbocycles. The number of nitrogens with zero attached hydrogens (tertiary/aromatic N) is 1. The highest BCUT2D eigenvalue weighted by Crippen LogP contribution is 2.33. The van der Waals surface area contributed by atoms with Crippen LogP contribution in [-0.4, -0.2) is 41.6 Å². The molecule has 1 aliphatic carbocycles. The summed E-state index contributed by atoms with van der Waals surface area (Å²) in [4.78, 5) is 26.2. The van der Waals surface area contributed by atoms with E-state index in [0.717, 1.165) is 25.7 Å². The Bertz CT molecular complexity index is 812. The minimum absolute atomic E-state index is 0.0161. The molecular weight excluding hydrogens is 364 g/mol. The first-order chi connectivity index (χ1) is 13.0. The number of ether oxygens (including phenoxy) is 2. The number of thiocarbonyl (C=S) groups is 1. The Morgan fingerprint density at radius 2 is 2.04 bits per heavy atom. The highest BCUT2D eigenvalue weighted by Gasteiger charge is 2.32. The van der Waals surface area contributed by atoms with Gasteiger partial charge in [0, 0.05) is 6.54 Å². The standard InChI is InChI=1S/C20H22N2O4S/c1-3-10-22-19(24)15(18(23)21-20(22)27)11-13-8-9-16(25-2)17(12-13)26-14-6-4-5-7-14/h3,8-9,11-12,14H,1,4-7,10H2,2H3,(H,21,23,27)/b15-11-. The number of carbonyl (C=O) groups excluding carboxylic acids is 2. The summed E-state index contributed by atoms with van der Waals surface area (Å²) < 4.78 is 11.5. The van der Waals surface area contributed by atoms with Crippen LogP contribution in [-0.2, 0) is 9.59 Å². The number of rotatable bonds is 6. The van der Waals surface area contributed by atoms with Gasteiger partial charge in [0.15, 0.2) is 16.6 Å². The van der Waals surface area contributed by atoms with Crippen LogP contribution in [0.3, 0.4) is 0 Å². The largest absolute Gasteiger partial charge is 0.493 e. The third-order valence-corrected chi connectivity index (χ3v) is 4.91. The number of nitrogens with one attached hydrogen (secondary N) is 1. The first-order valence-corrected chi connectivity index (χ1v) is 9.28. The first-order valence-electron chi connectivity index (χ1n) is 8.88. The molecule has 0 aromatic heterocycles. The maximum Gasteiger partial charge on any atom is 0.265 e. The maximum absolute atomic E-state index is 12.6. The van der Waals surface area contributed by atoms with E-state index in [1.807, 2.05) is 0 Å². The molecule has 2 fully saturated rings. The number of hydrogen-bond acceptors (Lipinski definition) is 5. The summed E-state index contributed by atoms with van der Waals surface area (Å²) in [5.41, 5.74) is 0.691. The predicted molar refractivity (Wildman–Crippen MR) is 107 cm³/mol. The molecule has 7 heteroatoms. The van der Waals surface area contributed by atoms with Gasteiger partial charge in [-0.3, -0.25) is 19.8 Å². The lowest BCUT2D eigenvalue weighted by Crippen LogP contribution is -2.53. The van der Waals surface area contributed by atoms with Gasteiger partial charge in [-0.2, -0.15) is 0 Å².